The van der Waals surface area contributed by atoms with Crippen LogP contribution in [0.2, 0.25) is 0 Å². The standard InChI is InChI=1S/C10H10BrNO5S/c11-7-2-1-6(5-9(7)18(12,16)17)8(13)3-4-10(14)15/h1-2,5H,3-4H2,(H,14,15)(H2,12,16,17). The minimum atomic E-state index is -3.94. The van der Waals surface area contributed by atoms with E-state index >= 15 is 0 Å². The number of ketones is 1. The van der Waals surface area contributed by atoms with E-state index in [0.717, 1.165) is 6.07 Å². The summed E-state index contributed by atoms with van der Waals surface area (Å²) in [6.07, 6.45) is -0.499. The third kappa shape index (κ3) is 3.90. The quantitative estimate of drug-likeness (QED) is 0.783. The molecule has 0 unspecified atom stereocenters. The van der Waals surface area contributed by atoms with Gasteiger partial charge in [-0.25, -0.2) is 13.6 Å². The van der Waals surface area contributed by atoms with Gasteiger partial charge in [-0.15, -0.1) is 0 Å². The maximum absolute atomic E-state index is 11.6. The second-order valence-corrected chi connectivity index (χ2v) is 5.89. The summed E-state index contributed by atoms with van der Waals surface area (Å²) in [7, 11) is -3.94. The Kier molecular flexibility index (Phi) is 4.60. The summed E-state index contributed by atoms with van der Waals surface area (Å²) in [4.78, 5) is 21.8. The largest absolute Gasteiger partial charge is 0.481 e. The fourth-order valence-corrected chi connectivity index (χ4v) is 2.81. The first-order chi connectivity index (χ1) is 8.21. The number of carboxylic acid groups (broad SMARTS) is 1. The number of halogens is 1. The van der Waals surface area contributed by atoms with Crippen molar-refractivity contribution in [2.75, 3.05) is 0 Å². The lowest BCUT2D eigenvalue weighted by molar-refractivity contribution is -0.136. The van der Waals surface area contributed by atoms with Gasteiger partial charge < -0.3 is 5.11 Å². The lowest BCUT2D eigenvalue weighted by atomic mass is 10.1. The van der Waals surface area contributed by atoms with Gasteiger partial charge in [-0.3, -0.25) is 9.59 Å². The molecule has 18 heavy (non-hydrogen) atoms. The van der Waals surface area contributed by atoms with E-state index in [2.05, 4.69) is 15.9 Å². The van der Waals surface area contributed by atoms with Crippen LogP contribution in [0.15, 0.2) is 27.6 Å². The van der Waals surface area contributed by atoms with Crippen LogP contribution in [0.4, 0.5) is 0 Å². The predicted octanol–water partition coefficient (Wildman–Crippen LogP) is 1.14. The van der Waals surface area contributed by atoms with Gasteiger partial charge in [0.15, 0.2) is 5.78 Å². The Hall–Kier alpha value is -1.25. The van der Waals surface area contributed by atoms with E-state index in [9.17, 15) is 18.0 Å². The van der Waals surface area contributed by atoms with Crippen LogP contribution < -0.4 is 5.14 Å². The molecule has 1 rings (SSSR count). The summed E-state index contributed by atoms with van der Waals surface area (Å²) in [6, 6.07) is 3.92. The van der Waals surface area contributed by atoms with Crippen molar-refractivity contribution < 1.29 is 23.1 Å². The summed E-state index contributed by atoms with van der Waals surface area (Å²) in [5.74, 6) is -1.54. The summed E-state index contributed by atoms with van der Waals surface area (Å²) < 4.78 is 22.7. The highest BCUT2D eigenvalue weighted by Gasteiger charge is 2.16. The molecule has 0 aliphatic rings. The molecular weight excluding hydrogens is 326 g/mol. The first-order valence-corrected chi connectivity index (χ1v) is 7.13. The molecular formula is C10H10BrNO5S. The van der Waals surface area contributed by atoms with Crippen molar-refractivity contribution in [2.24, 2.45) is 5.14 Å². The van der Waals surface area contributed by atoms with E-state index in [1.165, 1.54) is 12.1 Å². The van der Waals surface area contributed by atoms with Crippen LogP contribution in [0.1, 0.15) is 23.2 Å². The number of carbonyl (C=O) groups is 2. The molecule has 0 radical (unpaired) electrons. The van der Waals surface area contributed by atoms with Gasteiger partial charge in [0.2, 0.25) is 10.0 Å². The lowest BCUT2D eigenvalue weighted by Gasteiger charge is -2.05. The second-order valence-electron chi connectivity index (χ2n) is 3.51. The van der Waals surface area contributed by atoms with Crippen molar-refractivity contribution in [1.82, 2.24) is 0 Å². The third-order valence-corrected chi connectivity index (χ3v) is 4.03. The van der Waals surface area contributed by atoms with Crippen molar-refractivity contribution >= 4 is 37.7 Å². The zero-order valence-electron chi connectivity index (χ0n) is 9.09. The predicted molar refractivity (Wildman–Crippen MR) is 66.7 cm³/mol. The Bertz CT molecular complexity index is 596. The number of rotatable bonds is 5. The maximum atomic E-state index is 11.6. The smallest absolute Gasteiger partial charge is 0.303 e. The van der Waals surface area contributed by atoms with Gasteiger partial charge in [0.25, 0.3) is 0 Å². The fraction of sp³-hybridized carbons (Fsp3) is 0.200. The molecule has 0 fully saturated rings. The molecule has 0 heterocycles. The molecule has 0 aliphatic carbocycles. The molecule has 0 bridgehead atoms. The second kappa shape index (κ2) is 5.59. The number of carbonyl (C=O) groups excluding carboxylic acids is 1. The van der Waals surface area contributed by atoms with Crippen LogP contribution in [0.3, 0.4) is 0 Å². The Labute approximate surface area is 112 Å². The number of nitrogens with two attached hydrogens (primary N) is 1. The van der Waals surface area contributed by atoms with Crippen LogP contribution >= 0.6 is 15.9 Å². The zero-order chi connectivity index (χ0) is 13.9. The SMILES string of the molecule is NS(=O)(=O)c1cc(C(=O)CCC(=O)O)ccc1Br. The molecule has 98 valence electrons. The number of Topliss-reactive ketones (excluding diaryl/α,β-unsaturated/α-hetero) is 1. The molecule has 0 amide bonds. The van der Waals surface area contributed by atoms with Crippen LogP contribution in [-0.2, 0) is 14.8 Å². The van der Waals surface area contributed by atoms with Crippen molar-refractivity contribution in [3.63, 3.8) is 0 Å². The first kappa shape index (κ1) is 14.8. The number of carboxylic acids is 1. The minimum absolute atomic E-state index is 0.114. The normalized spacial score (nSPS) is 11.2. The molecule has 0 saturated heterocycles. The van der Waals surface area contributed by atoms with Crippen LogP contribution in [0.25, 0.3) is 0 Å². The fourth-order valence-electron chi connectivity index (χ4n) is 1.26. The molecule has 0 aliphatic heterocycles. The van der Waals surface area contributed by atoms with E-state index in [4.69, 9.17) is 10.2 Å². The first-order valence-electron chi connectivity index (χ1n) is 4.79. The maximum Gasteiger partial charge on any atom is 0.303 e. The number of aliphatic carboxylic acids is 1. The highest BCUT2D eigenvalue weighted by molar-refractivity contribution is 9.10. The average Bonchev–Trinajstić information content (AvgIpc) is 2.24. The molecule has 0 aromatic heterocycles. The summed E-state index contributed by atoms with van der Waals surface area (Å²) >= 11 is 3.01. The van der Waals surface area contributed by atoms with E-state index < -0.39 is 21.8 Å². The summed E-state index contributed by atoms with van der Waals surface area (Å²) in [5, 5.41) is 13.4. The Morgan fingerprint density at radius 3 is 2.39 bits per heavy atom. The summed E-state index contributed by atoms with van der Waals surface area (Å²) in [6.45, 7) is 0. The molecule has 3 N–H and O–H groups in total. The van der Waals surface area contributed by atoms with E-state index in [0.29, 0.717) is 0 Å². The van der Waals surface area contributed by atoms with Crippen LogP contribution in [-0.4, -0.2) is 25.3 Å². The number of hydrogen-bond donors (Lipinski definition) is 2. The number of primary sulfonamides is 1. The highest BCUT2D eigenvalue weighted by Crippen LogP contribution is 2.22. The topological polar surface area (TPSA) is 115 Å². The molecule has 0 saturated carbocycles. The van der Waals surface area contributed by atoms with Crippen molar-refractivity contribution in [2.45, 2.75) is 17.7 Å². The summed E-state index contributed by atoms with van der Waals surface area (Å²) in [5.41, 5.74) is 0.114. The van der Waals surface area contributed by atoms with E-state index in [1.807, 2.05) is 0 Å². The highest BCUT2D eigenvalue weighted by atomic mass is 79.9. The van der Waals surface area contributed by atoms with E-state index in [1.54, 1.807) is 0 Å². The van der Waals surface area contributed by atoms with Crippen LogP contribution in [0.5, 0.6) is 0 Å². The van der Waals surface area contributed by atoms with Crippen molar-refractivity contribution in [1.29, 1.82) is 0 Å². The Morgan fingerprint density at radius 2 is 1.89 bits per heavy atom. The van der Waals surface area contributed by atoms with Gasteiger partial charge in [0, 0.05) is 16.5 Å². The van der Waals surface area contributed by atoms with Gasteiger partial charge in [-0.1, -0.05) is 6.07 Å². The Balaban J connectivity index is 3.06. The van der Waals surface area contributed by atoms with E-state index in [-0.39, 0.29) is 27.8 Å². The third-order valence-electron chi connectivity index (χ3n) is 2.13. The number of hydrogen-bond acceptors (Lipinski definition) is 4. The number of sulfonamides is 1. The van der Waals surface area contributed by atoms with Crippen LogP contribution in [0, 0.1) is 0 Å². The zero-order valence-corrected chi connectivity index (χ0v) is 11.5. The monoisotopic (exact) mass is 335 g/mol. The number of benzene rings is 1. The lowest BCUT2D eigenvalue weighted by Crippen LogP contribution is -2.14. The van der Waals surface area contributed by atoms with Crippen molar-refractivity contribution in [3.8, 4) is 0 Å². The minimum Gasteiger partial charge on any atom is -0.481 e. The average molecular weight is 336 g/mol. The molecule has 0 atom stereocenters. The van der Waals surface area contributed by atoms with Gasteiger partial charge in [-0.2, -0.15) is 0 Å². The molecule has 1 aromatic rings. The molecule has 1 aromatic carbocycles. The van der Waals surface area contributed by atoms with Gasteiger partial charge in [-0.05, 0) is 28.1 Å². The van der Waals surface area contributed by atoms with Gasteiger partial charge in [0.1, 0.15) is 0 Å². The molecule has 8 heteroatoms. The van der Waals surface area contributed by atoms with Gasteiger partial charge in [0.05, 0.1) is 11.3 Å². The van der Waals surface area contributed by atoms with Crippen molar-refractivity contribution in [3.05, 3.63) is 28.2 Å². The molecule has 0 spiro atoms. The molecule has 6 nitrogen and oxygen atoms in total. The van der Waals surface area contributed by atoms with Gasteiger partial charge >= 0.3 is 5.97 Å². The Morgan fingerprint density at radius 1 is 1.28 bits per heavy atom.